The van der Waals surface area contributed by atoms with Gasteiger partial charge in [0, 0.05) is 13.1 Å². The molecule has 0 aromatic rings. The normalized spacial score (nSPS) is 19.0. The molecule has 0 aliphatic carbocycles. The summed E-state index contributed by atoms with van der Waals surface area (Å²) in [6, 6.07) is 0. The quantitative estimate of drug-likeness (QED) is 0.640. The minimum Gasteiger partial charge on any atom is -0.316 e. The molecule has 74 valence electrons. The Morgan fingerprint density at radius 2 is 1.75 bits per heavy atom. The number of hydrogen-bond acceptors (Lipinski definition) is 1. The molecule has 0 amide bonds. The molecule has 1 heteroatoms. The van der Waals surface area contributed by atoms with Gasteiger partial charge in [-0.25, -0.2) is 0 Å². The van der Waals surface area contributed by atoms with E-state index in [1.54, 1.807) is 0 Å². The highest BCUT2D eigenvalue weighted by Crippen LogP contribution is 2.28. The monoisotopic (exact) mass is 171 g/mol. The van der Waals surface area contributed by atoms with Crippen LogP contribution in [0, 0.1) is 5.41 Å². The van der Waals surface area contributed by atoms with Gasteiger partial charge in [0.05, 0.1) is 0 Å². The molecule has 1 saturated heterocycles. The van der Waals surface area contributed by atoms with E-state index in [1.807, 2.05) is 13.8 Å². The summed E-state index contributed by atoms with van der Waals surface area (Å²) in [7, 11) is 0. The van der Waals surface area contributed by atoms with Crippen molar-refractivity contribution < 1.29 is 0 Å². The zero-order chi connectivity index (χ0) is 9.45. The molecule has 1 nitrogen and oxygen atoms in total. The highest BCUT2D eigenvalue weighted by atomic mass is 15.0. The third kappa shape index (κ3) is 4.10. The maximum atomic E-state index is 3.33. The first-order chi connectivity index (χ1) is 5.77. The van der Waals surface area contributed by atoms with Gasteiger partial charge in [0.15, 0.2) is 0 Å². The van der Waals surface area contributed by atoms with Crippen molar-refractivity contribution in [2.45, 2.75) is 53.4 Å². The summed E-state index contributed by atoms with van der Waals surface area (Å²) in [6.45, 7) is 11.1. The highest BCUT2D eigenvalue weighted by Gasteiger charge is 2.30. The van der Waals surface area contributed by atoms with Crippen molar-refractivity contribution in [3.05, 3.63) is 0 Å². The Morgan fingerprint density at radius 1 is 1.17 bits per heavy atom. The molecule has 12 heavy (non-hydrogen) atoms. The predicted molar refractivity (Wildman–Crippen MR) is 56.5 cm³/mol. The van der Waals surface area contributed by atoms with Crippen molar-refractivity contribution in [1.29, 1.82) is 0 Å². The largest absolute Gasteiger partial charge is 0.316 e. The van der Waals surface area contributed by atoms with Gasteiger partial charge in [-0.05, 0) is 11.8 Å². The van der Waals surface area contributed by atoms with Gasteiger partial charge in [-0.3, -0.25) is 0 Å². The molecule has 1 heterocycles. The van der Waals surface area contributed by atoms with Crippen molar-refractivity contribution in [3.8, 4) is 0 Å². The maximum absolute atomic E-state index is 3.33. The molecule has 1 aliphatic heterocycles. The Labute approximate surface area is 77.9 Å². The average Bonchev–Trinajstić information content (AvgIpc) is 2.06. The summed E-state index contributed by atoms with van der Waals surface area (Å²) < 4.78 is 0. The van der Waals surface area contributed by atoms with E-state index in [1.165, 1.54) is 38.8 Å². The third-order valence-electron chi connectivity index (χ3n) is 2.49. The van der Waals surface area contributed by atoms with Crippen LogP contribution in [0.25, 0.3) is 0 Å². The van der Waals surface area contributed by atoms with E-state index in [4.69, 9.17) is 0 Å². The number of nitrogens with one attached hydrogen (secondary N) is 1. The van der Waals surface area contributed by atoms with Gasteiger partial charge in [-0.15, -0.1) is 0 Å². The second-order valence-corrected chi connectivity index (χ2v) is 3.87. The van der Waals surface area contributed by atoms with Gasteiger partial charge in [0.2, 0.25) is 0 Å². The number of rotatable bonds is 4. The van der Waals surface area contributed by atoms with E-state index in [-0.39, 0.29) is 0 Å². The number of unbranched alkanes of at least 4 members (excludes halogenated alkanes) is 2. The summed E-state index contributed by atoms with van der Waals surface area (Å²) in [6.07, 6.45) is 5.61. The topological polar surface area (TPSA) is 12.0 Å². The maximum Gasteiger partial charge on any atom is 0.00176 e. The van der Waals surface area contributed by atoms with Crippen LogP contribution in [-0.4, -0.2) is 13.1 Å². The lowest BCUT2D eigenvalue weighted by atomic mass is 9.79. The summed E-state index contributed by atoms with van der Waals surface area (Å²) >= 11 is 0. The molecule has 1 fully saturated rings. The Hall–Kier alpha value is -0.0400. The summed E-state index contributed by atoms with van der Waals surface area (Å²) in [5.74, 6) is 0. The molecule has 0 aromatic carbocycles. The Balaban J connectivity index is 0.000000561. The van der Waals surface area contributed by atoms with Gasteiger partial charge in [0.25, 0.3) is 0 Å². The highest BCUT2D eigenvalue weighted by molar-refractivity contribution is 4.87. The zero-order valence-electron chi connectivity index (χ0n) is 9.24. The lowest BCUT2D eigenvalue weighted by Gasteiger charge is -2.39. The Morgan fingerprint density at radius 3 is 2.08 bits per heavy atom. The van der Waals surface area contributed by atoms with Crippen LogP contribution >= 0.6 is 0 Å². The van der Waals surface area contributed by atoms with Crippen LogP contribution in [0.15, 0.2) is 0 Å². The molecule has 0 saturated carbocycles. The van der Waals surface area contributed by atoms with Crippen LogP contribution in [0.3, 0.4) is 0 Å². The third-order valence-corrected chi connectivity index (χ3v) is 2.49. The Kier molecular flexibility index (Phi) is 6.45. The first kappa shape index (κ1) is 12.0. The van der Waals surface area contributed by atoms with Crippen molar-refractivity contribution in [3.63, 3.8) is 0 Å². The average molecular weight is 171 g/mol. The first-order valence-electron chi connectivity index (χ1n) is 5.47. The summed E-state index contributed by atoms with van der Waals surface area (Å²) in [5, 5.41) is 3.33. The fourth-order valence-electron chi connectivity index (χ4n) is 1.53. The van der Waals surface area contributed by atoms with Gasteiger partial charge in [-0.1, -0.05) is 47.0 Å². The van der Waals surface area contributed by atoms with E-state index < -0.39 is 0 Å². The lowest BCUT2D eigenvalue weighted by Crippen LogP contribution is -2.51. The van der Waals surface area contributed by atoms with E-state index in [2.05, 4.69) is 19.2 Å². The van der Waals surface area contributed by atoms with Crippen LogP contribution in [0.1, 0.15) is 53.4 Å². The van der Waals surface area contributed by atoms with E-state index in [0.29, 0.717) is 5.41 Å². The van der Waals surface area contributed by atoms with Gasteiger partial charge < -0.3 is 5.32 Å². The Bertz CT molecular complexity index is 95.2. The molecular formula is C11H25N. The fourth-order valence-corrected chi connectivity index (χ4v) is 1.53. The second-order valence-electron chi connectivity index (χ2n) is 3.87. The molecule has 0 bridgehead atoms. The zero-order valence-corrected chi connectivity index (χ0v) is 9.24. The van der Waals surface area contributed by atoms with Gasteiger partial charge >= 0.3 is 0 Å². The van der Waals surface area contributed by atoms with Crippen LogP contribution in [0.4, 0.5) is 0 Å². The van der Waals surface area contributed by atoms with E-state index >= 15 is 0 Å². The standard InChI is InChI=1S/C9H19N.C2H6/c1-3-4-5-6-9(2)7-10-8-9;1-2/h10H,3-8H2,1-2H3;1-2H3. The van der Waals surface area contributed by atoms with E-state index in [9.17, 15) is 0 Å². The van der Waals surface area contributed by atoms with Crippen LogP contribution in [-0.2, 0) is 0 Å². The smallest absolute Gasteiger partial charge is 0.00176 e. The molecule has 0 aromatic heterocycles. The van der Waals surface area contributed by atoms with Crippen LogP contribution < -0.4 is 5.32 Å². The number of hydrogen-bond donors (Lipinski definition) is 1. The van der Waals surface area contributed by atoms with Gasteiger partial charge in [0.1, 0.15) is 0 Å². The molecule has 1 N–H and O–H groups in total. The molecule has 0 unspecified atom stereocenters. The SMILES string of the molecule is CC.CCCCCC1(C)CNC1. The van der Waals surface area contributed by atoms with Crippen molar-refractivity contribution in [2.75, 3.05) is 13.1 Å². The van der Waals surface area contributed by atoms with Gasteiger partial charge in [-0.2, -0.15) is 0 Å². The first-order valence-corrected chi connectivity index (χ1v) is 5.47. The van der Waals surface area contributed by atoms with Crippen molar-refractivity contribution in [2.24, 2.45) is 5.41 Å². The molecule has 0 radical (unpaired) electrons. The van der Waals surface area contributed by atoms with E-state index in [0.717, 1.165) is 0 Å². The molecular weight excluding hydrogens is 146 g/mol. The predicted octanol–water partition coefficient (Wildman–Crippen LogP) is 3.20. The summed E-state index contributed by atoms with van der Waals surface area (Å²) in [5.41, 5.74) is 0.662. The van der Waals surface area contributed by atoms with Crippen molar-refractivity contribution in [1.82, 2.24) is 5.32 Å². The molecule has 1 aliphatic rings. The minimum absolute atomic E-state index is 0.662. The van der Waals surface area contributed by atoms with Crippen molar-refractivity contribution >= 4 is 0 Å². The molecule has 0 spiro atoms. The summed E-state index contributed by atoms with van der Waals surface area (Å²) in [4.78, 5) is 0. The fraction of sp³-hybridized carbons (Fsp3) is 1.00. The molecule has 1 rings (SSSR count). The van der Waals surface area contributed by atoms with Crippen LogP contribution in [0.2, 0.25) is 0 Å². The van der Waals surface area contributed by atoms with Crippen LogP contribution in [0.5, 0.6) is 0 Å². The molecule has 0 atom stereocenters. The minimum atomic E-state index is 0.662. The lowest BCUT2D eigenvalue weighted by molar-refractivity contribution is 0.174. The second kappa shape index (κ2) is 6.47.